The lowest BCUT2D eigenvalue weighted by Gasteiger charge is -2.22. The Labute approximate surface area is 179 Å². The highest BCUT2D eigenvalue weighted by Crippen LogP contribution is 2.23. The van der Waals surface area contributed by atoms with E-state index in [1.54, 1.807) is 13.0 Å². The lowest BCUT2D eigenvalue weighted by Crippen LogP contribution is -2.45. The molecule has 0 aromatic heterocycles. The van der Waals surface area contributed by atoms with Crippen LogP contribution in [-0.4, -0.2) is 29.6 Å². The summed E-state index contributed by atoms with van der Waals surface area (Å²) in [6.45, 7) is 5.09. The first kappa shape index (κ1) is 25.6. The second kappa shape index (κ2) is 14.6. The number of amides is 1. The van der Waals surface area contributed by atoms with E-state index in [4.69, 9.17) is 4.74 Å². The first-order valence-electron chi connectivity index (χ1n) is 10.8. The van der Waals surface area contributed by atoms with Crippen molar-refractivity contribution in [1.82, 2.24) is 5.32 Å². The van der Waals surface area contributed by atoms with Gasteiger partial charge in [0.2, 0.25) is 5.91 Å². The van der Waals surface area contributed by atoms with E-state index in [0.29, 0.717) is 6.42 Å². The van der Waals surface area contributed by atoms with Gasteiger partial charge < -0.3 is 15.2 Å². The van der Waals surface area contributed by atoms with Crippen LogP contribution in [0.15, 0.2) is 18.2 Å². The largest absolute Gasteiger partial charge is 0.464 e. The van der Waals surface area contributed by atoms with Crippen LogP contribution in [0.3, 0.4) is 0 Å². The summed E-state index contributed by atoms with van der Waals surface area (Å²) in [5.74, 6) is 3.75. The Morgan fingerprint density at radius 2 is 1.80 bits per heavy atom. The summed E-state index contributed by atoms with van der Waals surface area (Å²) in [5, 5.41) is 12.9. The molecule has 2 atom stereocenters. The molecule has 0 saturated heterocycles. The molecule has 5 nitrogen and oxygen atoms in total. The van der Waals surface area contributed by atoms with Gasteiger partial charge in [0.15, 0.2) is 6.04 Å². The predicted octanol–water partition coefficient (Wildman–Crippen LogP) is 4.42. The van der Waals surface area contributed by atoms with Crippen LogP contribution in [0.2, 0.25) is 0 Å². The number of unbranched alkanes of at least 4 members (excludes halogenated alkanes) is 7. The SMILES string of the molecule is CCCCCCCCCC#Cc1cccc(C(O)C(NC(C)=O)C(=O)OCC)c1F. The fourth-order valence-electron chi connectivity index (χ4n) is 3.10. The van der Waals surface area contributed by atoms with Crippen molar-refractivity contribution in [2.45, 2.75) is 84.3 Å². The summed E-state index contributed by atoms with van der Waals surface area (Å²) < 4.78 is 19.8. The summed E-state index contributed by atoms with van der Waals surface area (Å²) in [6, 6.07) is 3.07. The molecule has 0 heterocycles. The number of carbonyl (C=O) groups excluding carboxylic acids is 2. The molecule has 0 aliphatic heterocycles. The number of hydrogen-bond donors (Lipinski definition) is 2. The number of halogens is 1. The maximum absolute atomic E-state index is 14.9. The molecule has 0 spiro atoms. The van der Waals surface area contributed by atoms with Gasteiger partial charge in [-0.2, -0.15) is 0 Å². The summed E-state index contributed by atoms with van der Waals surface area (Å²) in [7, 11) is 0. The van der Waals surface area contributed by atoms with Crippen molar-refractivity contribution in [3.05, 3.63) is 35.1 Å². The number of hydrogen-bond acceptors (Lipinski definition) is 4. The van der Waals surface area contributed by atoms with Crippen molar-refractivity contribution in [1.29, 1.82) is 0 Å². The molecule has 166 valence electrons. The molecule has 0 fully saturated rings. The van der Waals surface area contributed by atoms with Crippen LogP contribution in [0, 0.1) is 17.7 Å². The molecule has 1 rings (SSSR count). The number of aliphatic hydroxyl groups excluding tert-OH is 1. The molecule has 1 amide bonds. The van der Waals surface area contributed by atoms with Crippen molar-refractivity contribution in [2.75, 3.05) is 6.61 Å². The topological polar surface area (TPSA) is 75.6 Å². The number of nitrogens with one attached hydrogen (secondary N) is 1. The molecule has 0 aliphatic rings. The van der Waals surface area contributed by atoms with Gasteiger partial charge in [-0.3, -0.25) is 4.79 Å². The van der Waals surface area contributed by atoms with E-state index in [1.165, 1.54) is 51.2 Å². The van der Waals surface area contributed by atoms with E-state index in [2.05, 4.69) is 24.1 Å². The average Bonchev–Trinajstić information content (AvgIpc) is 2.71. The fraction of sp³-hybridized carbons (Fsp3) is 0.583. The van der Waals surface area contributed by atoms with E-state index in [-0.39, 0.29) is 17.7 Å². The molecule has 0 bridgehead atoms. The molecular weight excluding hydrogens is 385 g/mol. The summed E-state index contributed by atoms with van der Waals surface area (Å²) in [5.41, 5.74) is 0.0458. The van der Waals surface area contributed by atoms with Gasteiger partial charge in [0.25, 0.3) is 0 Å². The Balaban J connectivity index is 2.77. The zero-order valence-corrected chi connectivity index (χ0v) is 18.3. The molecule has 0 saturated carbocycles. The quantitative estimate of drug-likeness (QED) is 0.299. The van der Waals surface area contributed by atoms with Gasteiger partial charge in [0, 0.05) is 18.9 Å². The first-order valence-corrected chi connectivity index (χ1v) is 10.8. The molecule has 0 radical (unpaired) electrons. The van der Waals surface area contributed by atoms with E-state index >= 15 is 0 Å². The third-order valence-corrected chi connectivity index (χ3v) is 4.69. The van der Waals surface area contributed by atoms with Gasteiger partial charge in [-0.15, -0.1) is 0 Å². The standard InChI is InChI=1S/C24H34FNO4/c1-4-6-7-8-9-10-11-12-13-15-19-16-14-17-20(21(19)25)23(28)22(26-18(3)27)24(29)30-5-2/h14,16-17,22-23,28H,4-12H2,1-3H3,(H,26,27). The number of benzene rings is 1. The number of ether oxygens (including phenoxy) is 1. The lowest BCUT2D eigenvalue weighted by molar-refractivity contribution is -0.150. The van der Waals surface area contributed by atoms with Gasteiger partial charge >= 0.3 is 5.97 Å². The minimum Gasteiger partial charge on any atom is -0.464 e. The smallest absolute Gasteiger partial charge is 0.331 e. The zero-order chi connectivity index (χ0) is 22.4. The summed E-state index contributed by atoms with van der Waals surface area (Å²) in [6.07, 6.45) is 7.38. The molecule has 2 N–H and O–H groups in total. The van der Waals surface area contributed by atoms with Crippen LogP contribution in [0.25, 0.3) is 0 Å². The minimum atomic E-state index is -1.59. The predicted molar refractivity (Wildman–Crippen MR) is 115 cm³/mol. The fourth-order valence-corrected chi connectivity index (χ4v) is 3.10. The molecular formula is C24H34FNO4. The Morgan fingerprint density at radius 3 is 2.43 bits per heavy atom. The van der Waals surface area contributed by atoms with Crippen LogP contribution in [0.4, 0.5) is 4.39 Å². The van der Waals surface area contributed by atoms with E-state index in [1.807, 2.05) is 0 Å². The van der Waals surface area contributed by atoms with Crippen LogP contribution in [0.1, 0.15) is 89.4 Å². The van der Waals surface area contributed by atoms with Gasteiger partial charge in [-0.05, 0) is 19.4 Å². The second-order valence-corrected chi connectivity index (χ2v) is 7.26. The number of esters is 1. The highest BCUT2D eigenvalue weighted by molar-refractivity contribution is 5.84. The van der Waals surface area contributed by atoms with E-state index in [0.717, 1.165) is 12.8 Å². The molecule has 1 aromatic rings. The Bertz CT molecular complexity index is 738. The summed E-state index contributed by atoms with van der Waals surface area (Å²) >= 11 is 0. The van der Waals surface area contributed by atoms with Crippen molar-refractivity contribution >= 4 is 11.9 Å². The Hall–Kier alpha value is -2.39. The maximum Gasteiger partial charge on any atom is 0.331 e. The number of carbonyl (C=O) groups is 2. The van der Waals surface area contributed by atoms with Gasteiger partial charge in [-0.25, -0.2) is 9.18 Å². The monoisotopic (exact) mass is 419 g/mol. The molecule has 6 heteroatoms. The number of rotatable bonds is 12. The Morgan fingerprint density at radius 1 is 1.13 bits per heavy atom. The molecule has 1 aromatic carbocycles. The highest BCUT2D eigenvalue weighted by Gasteiger charge is 2.32. The summed E-state index contributed by atoms with van der Waals surface area (Å²) in [4.78, 5) is 23.5. The van der Waals surface area contributed by atoms with Crippen LogP contribution in [-0.2, 0) is 14.3 Å². The van der Waals surface area contributed by atoms with Crippen molar-refractivity contribution < 1.29 is 23.8 Å². The maximum atomic E-state index is 14.9. The van der Waals surface area contributed by atoms with Gasteiger partial charge in [0.05, 0.1) is 12.2 Å². The second-order valence-electron chi connectivity index (χ2n) is 7.26. The molecule has 0 aliphatic carbocycles. The third kappa shape index (κ3) is 8.96. The zero-order valence-electron chi connectivity index (χ0n) is 18.3. The normalized spacial score (nSPS) is 12.4. The van der Waals surface area contributed by atoms with E-state index < -0.39 is 29.8 Å². The van der Waals surface area contributed by atoms with E-state index in [9.17, 15) is 19.1 Å². The van der Waals surface area contributed by atoms with Crippen LogP contribution < -0.4 is 5.32 Å². The average molecular weight is 420 g/mol. The Kier molecular flexibility index (Phi) is 12.5. The first-order chi connectivity index (χ1) is 14.4. The van der Waals surface area contributed by atoms with Gasteiger partial charge in [-0.1, -0.05) is 69.4 Å². The highest BCUT2D eigenvalue weighted by atomic mass is 19.1. The third-order valence-electron chi connectivity index (χ3n) is 4.69. The number of aliphatic hydroxyl groups is 1. The molecule has 2 unspecified atom stereocenters. The molecule has 30 heavy (non-hydrogen) atoms. The van der Waals surface area contributed by atoms with Gasteiger partial charge in [0.1, 0.15) is 11.9 Å². The van der Waals surface area contributed by atoms with Crippen LogP contribution in [0.5, 0.6) is 0 Å². The minimum absolute atomic E-state index is 0.0776. The van der Waals surface area contributed by atoms with Crippen LogP contribution >= 0.6 is 0 Å². The van der Waals surface area contributed by atoms with Crippen molar-refractivity contribution in [2.24, 2.45) is 0 Å². The van der Waals surface area contributed by atoms with Crippen molar-refractivity contribution in [3.8, 4) is 11.8 Å². The van der Waals surface area contributed by atoms with Crippen molar-refractivity contribution in [3.63, 3.8) is 0 Å². The lowest BCUT2D eigenvalue weighted by atomic mass is 9.99.